The maximum atomic E-state index is 9.87. The van der Waals surface area contributed by atoms with Crippen molar-refractivity contribution in [1.29, 1.82) is 0 Å². The first kappa shape index (κ1) is 24.2. The van der Waals surface area contributed by atoms with E-state index < -0.39 is 7.81 Å². The number of thiazole rings is 1. The number of hydrogen-bond donors (Lipinski definition) is 0. The van der Waals surface area contributed by atoms with Gasteiger partial charge in [-0.05, 0) is 24.1 Å². The van der Waals surface area contributed by atoms with Gasteiger partial charge in [-0.2, -0.15) is 0 Å². The second kappa shape index (κ2) is 7.79. The third-order valence-corrected chi connectivity index (χ3v) is 6.48. The summed E-state index contributed by atoms with van der Waals surface area (Å²) in [4.78, 5) is 2.68. The van der Waals surface area contributed by atoms with E-state index in [0.717, 1.165) is 0 Å². The number of rotatable bonds is 2. The van der Waals surface area contributed by atoms with Crippen LogP contribution in [-0.2, 0) is 0 Å². The van der Waals surface area contributed by atoms with E-state index in [1.807, 2.05) is 11.3 Å². The van der Waals surface area contributed by atoms with Crippen molar-refractivity contribution >= 4 is 34.9 Å². The second-order valence-electron chi connectivity index (χ2n) is 7.84. The first-order valence-electron chi connectivity index (χ1n) is 10.2. The molecule has 5 aromatic rings. The van der Waals surface area contributed by atoms with Crippen LogP contribution in [0.2, 0.25) is 0 Å². The number of halogens is 6. The topological polar surface area (TPSA) is 4.10 Å². The van der Waals surface area contributed by atoms with Gasteiger partial charge in [0.15, 0.2) is 5.69 Å². The fraction of sp³-hybridized carbons (Fsp3) is 0.0800. The third-order valence-electron chi connectivity index (χ3n) is 5.30. The van der Waals surface area contributed by atoms with Gasteiger partial charge in [-0.15, -0.1) is 4.40 Å². The van der Waals surface area contributed by atoms with Crippen LogP contribution in [0.3, 0.4) is 0 Å². The van der Waals surface area contributed by atoms with Gasteiger partial charge in [0.1, 0.15) is 0 Å². The van der Waals surface area contributed by atoms with Crippen molar-refractivity contribution in [3.05, 3.63) is 95.5 Å². The van der Waals surface area contributed by atoms with Crippen LogP contribution in [0.15, 0.2) is 84.9 Å². The molecule has 178 valence electrons. The molecule has 2 heterocycles. The van der Waals surface area contributed by atoms with Crippen LogP contribution in [0.25, 0.3) is 38.0 Å². The molecule has 0 aliphatic carbocycles. The molecule has 0 spiro atoms. The number of pyridine rings is 1. The average Bonchev–Trinajstić information content (AvgIpc) is 3.06. The first-order chi connectivity index (χ1) is 15.7. The molecule has 9 heteroatoms. The summed E-state index contributed by atoms with van der Waals surface area (Å²) in [5, 5.41) is 1.29. The number of benzene rings is 3. The van der Waals surface area contributed by atoms with Crippen LogP contribution in [0, 0.1) is 13.8 Å². The Labute approximate surface area is 196 Å². The molecule has 0 unspecified atom stereocenters. The van der Waals surface area contributed by atoms with E-state index >= 15 is 0 Å². The van der Waals surface area contributed by atoms with Crippen LogP contribution >= 0.6 is 19.1 Å². The summed E-state index contributed by atoms with van der Waals surface area (Å²) in [5.41, 5.74) is 7.76. The van der Waals surface area contributed by atoms with Gasteiger partial charge in [0.25, 0.3) is 4.83 Å². The predicted molar refractivity (Wildman–Crippen MR) is 129 cm³/mol. The predicted octanol–water partition coefficient (Wildman–Crippen LogP) is 9.97. The Kier molecular flexibility index (Phi) is 5.54. The average molecular weight is 511 g/mol. The van der Waals surface area contributed by atoms with Gasteiger partial charge in [-0.1, -0.05) is 84.1 Å². The summed E-state index contributed by atoms with van der Waals surface area (Å²) >= 11 is 1.89. The van der Waals surface area contributed by atoms with Crippen LogP contribution < -0.4 is 4.40 Å². The molecule has 3 aromatic carbocycles. The fourth-order valence-corrected chi connectivity index (χ4v) is 5.10. The fourth-order valence-electron chi connectivity index (χ4n) is 3.93. The van der Waals surface area contributed by atoms with Gasteiger partial charge in [0.05, 0.1) is 15.8 Å². The zero-order valence-corrected chi connectivity index (χ0v) is 19.9. The zero-order chi connectivity index (χ0) is 24.8. The van der Waals surface area contributed by atoms with Crippen LogP contribution in [0.5, 0.6) is 0 Å². The van der Waals surface area contributed by atoms with Crippen molar-refractivity contribution in [1.82, 2.24) is 0 Å². The number of aryl methyl sites for hydroxylation is 2. The zero-order valence-electron chi connectivity index (χ0n) is 18.2. The first-order valence-corrected chi connectivity index (χ1v) is 13.1. The van der Waals surface area contributed by atoms with Gasteiger partial charge in [0, 0.05) is 18.6 Å². The minimum atomic E-state index is -10.7. The molecule has 0 fully saturated rings. The van der Waals surface area contributed by atoms with Crippen molar-refractivity contribution in [3.63, 3.8) is 0 Å². The Hall–Kier alpha value is -2.96. The molecule has 0 amide bonds. The Balaban J connectivity index is 0.000000344. The van der Waals surface area contributed by atoms with E-state index in [-0.39, 0.29) is 0 Å². The van der Waals surface area contributed by atoms with Crippen molar-refractivity contribution in [2.75, 3.05) is 0 Å². The van der Waals surface area contributed by atoms with Crippen molar-refractivity contribution in [3.8, 4) is 22.3 Å². The molecular formula is C25H20F6NPS. The van der Waals surface area contributed by atoms with Crippen LogP contribution in [0.1, 0.15) is 10.6 Å². The summed E-state index contributed by atoms with van der Waals surface area (Å²) in [7, 11) is -10.7. The Morgan fingerprint density at radius 3 is 1.59 bits per heavy atom. The van der Waals surface area contributed by atoms with E-state index in [1.54, 1.807) is 0 Å². The molecule has 0 aliphatic heterocycles. The monoisotopic (exact) mass is 511 g/mol. The molecule has 0 saturated carbocycles. The Morgan fingerprint density at radius 2 is 1.06 bits per heavy atom. The summed E-state index contributed by atoms with van der Waals surface area (Å²) < 4.78 is 61.6. The third kappa shape index (κ3) is 5.57. The van der Waals surface area contributed by atoms with E-state index in [4.69, 9.17) is 0 Å². The SMILES string of the molecule is Cc1sc2c(-c3ccccc3)c(-c3ccccc3)c3ccccc3[n+]2c1C.F[P-](F)(F)(F)(F)F. The van der Waals surface area contributed by atoms with Gasteiger partial charge < -0.3 is 0 Å². The van der Waals surface area contributed by atoms with E-state index in [2.05, 4.69) is 103 Å². The normalized spacial score (nSPS) is 13.8. The molecule has 0 bridgehead atoms. The van der Waals surface area contributed by atoms with Gasteiger partial charge >= 0.3 is 33.0 Å². The standard InChI is InChI=1S/C25H20NS.F6P/c1-17-18(2)27-25-24(20-13-7-4-8-14-20)23(19-11-5-3-6-12-19)21-15-9-10-16-22(21)26(17)25;1-7(2,3,4,5)6/h3-16H,1-2H3;/q+1;-1. The van der Waals surface area contributed by atoms with Crippen molar-refractivity contribution in [2.24, 2.45) is 0 Å². The van der Waals surface area contributed by atoms with Gasteiger partial charge in [-0.3, -0.25) is 0 Å². The molecule has 0 radical (unpaired) electrons. The van der Waals surface area contributed by atoms with E-state index in [9.17, 15) is 25.2 Å². The Morgan fingerprint density at radius 1 is 0.618 bits per heavy atom. The maximum absolute atomic E-state index is 10.7. The Bertz CT molecular complexity index is 1490. The van der Waals surface area contributed by atoms with Gasteiger partial charge in [0.2, 0.25) is 5.52 Å². The second-order valence-corrected chi connectivity index (χ2v) is 11.0. The molecule has 0 N–H and O–H groups in total. The molecular weight excluding hydrogens is 491 g/mol. The van der Waals surface area contributed by atoms with E-state index in [1.165, 1.54) is 48.6 Å². The number of para-hydroxylation sites is 1. The number of nitrogens with zero attached hydrogens (tertiary/aromatic N) is 1. The van der Waals surface area contributed by atoms with Crippen LogP contribution in [-0.4, -0.2) is 0 Å². The summed E-state index contributed by atoms with van der Waals surface area (Å²) in [5.74, 6) is 0. The molecule has 0 aliphatic rings. The van der Waals surface area contributed by atoms with Crippen molar-refractivity contribution in [2.45, 2.75) is 13.8 Å². The summed E-state index contributed by atoms with van der Waals surface area (Å²) in [6.07, 6.45) is 0. The molecule has 2 aromatic heterocycles. The summed E-state index contributed by atoms with van der Waals surface area (Å²) in [6.45, 7) is 4.45. The number of hydrogen-bond acceptors (Lipinski definition) is 1. The molecule has 0 saturated heterocycles. The quantitative estimate of drug-likeness (QED) is 0.126. The number of aromatic nitrogens is 1. The van der Waals surface area contributed by atoms with E-state index in [0.29, 0.717) is 0 Å². The molecule has 1 nitrogen and oxygen atoms in total. The molecule has 0 atom stereocenters. The van der Waals surface area contributed by atoms with Gasteiger partial charge in [-0.25, -0.2) is 0 Å². The molecule has 34 heavy (non-hydrogen) atoms. The van der Waals surface area contributed by atoms with Crippen LogP contribution in [0.4, 0.5) is 25.2 Å². The number of fused-ring (bicyclic) bond motifs is 3. The molecule has 5 rings (SSSR count). The summed E-state index contributed by atoms with van der Waals surface area (Å²) in [6, 6.07) is 30.3. The van der Waals surface area contributed by atoms with Crippen molar-refractivity contribution < 1.29 is 29.6 Å². The minimum absolute atomic E-state index is 1.26.